The first kappa shape index (κ1) is 21.5. The average molecular weight is 383 g/mol. The van der Waals surface area contributed by atoms with Crippen LogP contribution < -0.4 is 10.1 Å². The number of para-hydroxylation sites is 2. The Morgan fingerprint density at radius 3 is 2.36 bits per heavy atom. The van der Waals surface area contributed by atoms with Gasteiger partial charge in [0.25, 0.3) is 5.91 Å². The van der Waals surface area contributed by atoms with Crippen molar-refractivity contribution in [3.63, 3.8) is 0 Å². The Hall–Kier alpha value is -2.82. The van der Waals surface area contributed by atoms with Crippen LogP contribution in [0.2, 0.25) is 0 Å². The zero-order valence-corrected chi connectivity index (χ0v) is 17.4. The van der Waals surface area contributed by atoms with Crippen LogP contribution in [-0.4, -0.2) is 36.9 Å². The molecule has 0 saturated carbocycles. The topological polar surface area (TPSA) is 58.6 Å². The van der Waals surface area contributed by atoms with Gasteiger partial charge in [-0.3, -0.25) is 9.59 Å². The van der Waals surface area contributed by atoms with Crippen LogP contribution in [0.1, 0.15) is 42.9 Å². The lowest BCUT2D eigenvalue weighted by atomic mass is 9.98. The second kappa shape index (κ2) is 9.93. The Morgan fingerprint density at radius 2 is 1.71 bits per heavy atom. The number of carbonyl (C=O) groups excluding carboxylic acids is 2. The van der Waals surface area contributed by atoms with Crippen LogP contribution >= 0.6 is 0 Å². The van der Waals surface area contributed by atoms with Gasteiger partial charge in [0.1, 0.15) is 5.75 Å². The number of aryl methyl sites for hydroxylation is 2. The molecule has 0 saturated heterocycles. The van der Waals surface area contributed by atoms with E-state index < -0.39 is 0 Å². The van der Waals surface area contributed by atoms with Gasteiger partial charge in [-0.25, -0.2) is 0 Å². The maximum Gasteiger partial charge on any atom is 0.260 e. The molecule has 5 heteroatoms. The minimum Gasteiger partial charge on any atom is -0.483 e. The quantitative estimate of drug-likeness (QED) is 0.741. The number of anilines is 1. The lowest BCUT2D eigenvalue weighted by Crippen LogP contribution is -2.37. The Labute approximate surface area is 167 Å². The van der Waals surface area contributed by atoms with E-state index in [4.69, 9.17) is 4.74 Å². The second-order valence-electron chi connectivity index (χ2n) is 7.20. The highest BCUT2D eigenvalue weighted by Crippen LogP contribution is 2.28. The molecular weight excluding hydrogens is 352 g/mol. The van der Waals surface area contributed by atoms with Crippen LogP contribution in [-0.2, 0) is 9.59 Å². The molecule has 150 valence electrons. The van der Waals surface area contributed by atoms with Crippen molar-refractivity contribution >= 4 is 17.5 Å². The van der Waals surface area contributed by atoms with E-state index in [2.05, 4.69) is 19.2 Å². The maximum absolute atomic E-state index is 12.4. The van der Waals surface area contributed by atoms with E-state index in [1.54, 1.807) is 7.05 Å². The molecule has 0 fully saturated rings. The molecule has 1 atom stereocenters. The van der Waals surface area contributed by atoms with Gasteiger partial charge in [0.2, 0.25) is 5.91 Å². The van der Waals surface area contributed by atoms with Crippen LogP contribution in [0.3, 0.4) is 0 Å². The SMILES string of the molecule is CCC(C)c1ccccc1OCC(=O)N(C)CC(=O)Nc1c(C)cccc1C. The van der Waals surface area contributed by atoms with Crippen molar-refractivity contribution in [2.24, 2.45) is 0 Å². The summed E-state index contributed by atoms with van der Waals surface area (Å²) >= 11 is 0. The molecule has 0 aliphatic rings. The normalized spacial score (nSPS) is 11.6. The largest absolute Gasteiger partial charge is 0.483 e. The van der Waals surface area contributed by atoms with Crippen LogP contribution in [0.25, 0.3) is 0 Å². The molecule has 2 amide bonds. The molecule has 0 bridgehead atoms. The van der Waals surface area contributed by atoms with Gasteiger partial charge in [0.15, 0.2) is 6.61 Å². The minimum atomic E-state index is -0.240. The summed E-state index contributed by atoms with van der Waals surface area (Å²) in [5.74, 6) is 0.606. The predicted octanol–water partition coefficient (Wildman–Crippen LogP) is 4.29. The predicted molar refractivity (Wildman–Crippen MR) is 113 cm³/mol. The molecule has 0 aromatic heterocycles. The van der Waals surface area contributed by atoms with E-state index in [0.717, 1.165) is 34.5 Å². The number of carbonyl (C=O) groups is 2. The van der Waals surface area contributed by atoms with Crippen LogP contribution in [0.4, 0.5) is 5.69 Å². The highest BCUT2D eigenvalue weighted by molar-refractivity contribution is 5.95. The van der Waals surface area contributed by atoms with E-state index in [-0.39, 0.29) is 25.0 Å². The first-order chi connectivity index (χ1) is 13.3. The van der Waals surface area contributed by atoms with Crippen LogP contribution in [0, 0.1) is 13.8 Å². The molecule has 2 aromatic carbocycles. The monoisotopic (exact) mass is 382 g/mol. The summed E-state index contributed by atoms with van der Waals surface area (Å²) in [5.41, 5.74) is 3.87. The molecule has 1 N–H and O–H groups in total. The van der Waals surface area contributed by atoms with Crippen molar-refractivity contribution < 1.29 is 14.3 Å². The third-order valence-electron chi connectivity index (χ3n) is 4.97. The van der Waals surface area contributed by atoms with Crippen molar-refractivity contribution in [1.29, 1.82) is 0 Å². The fourth-order valence-electron chi connectivity index (χ4n) is 2.98. The number of hydrogen-bond acceptors (Lipinski definition) is 3. The number of amides is 2. The second-order valence-corrected chi connectivity index (χ2v) is 7.20. The summed E-state index contributed by atoms with van der Waals surface area (Å²) in [7, 11) is 1.61. The van der Waals surface area contributed by atoms with Gasteiger partial charge in [0, 0.05) is 12.7 Å². The van der Waals surface area contributed by atoms with Gasteiger partial charge in [-0.15, -0.1) is 0 Å². The summed E-state index contributed by atoms with van der Waals surface area (Å²) in [6.07, 6.45) is 0.993. The summed E-state index contributed by atoms with van der Waals surface area (Å²) in [6.45, 7) is 8.02. The zero-order chi connectivity index (χ0) is 20.7. The summed E-state index contributed by atoms with van der Waals surface area (Å²) < 4.78 is 5.76. The average Bonchev–Trinajstić information content (AvgIpc) is 2.68. The van der Waals surface area contributed by atoms with E-state index in [1.165, 1.54) is 4.90 Å². The van der Waals surface area contributed by atoms with Gasteiger partial charge in [0.05, 0.1) is 6.54 Å². The van der Waals surface area contributed by atoms with Crippen LogP contribution in [0.15, 0.2) is 42.5 Å². The number of benzene rings is 2. The molecule has 0 radical (unpaired) electrons. The molecule has 2 aromatic rings. The van der Waals surface area contributed by atoms with Crippen molar-refractivity contribution in [2.75, 3.05) is 25.5 Å². The Morgan fingerprint density at radius 1 is 1.07 bits per heavy atom. The number of likely N-dealkylation sites (N-methyl/N-ethyl adjacent to an activating group) is 1. The molecule has 28 heavy (non-hydrogen) atoms. The third kappa shape index (κ3) is 5.59. The highest BCUT2D eigenvalue weighted by Gasteiger charge is 2.16. The molecule has 0 aliphatic carbocycles. The van der Waals surface area contributed by atoms with E-state index in [0.29, 0.717) is 5.92 Å². The fraction of sp³-hybridized carbons (Fsp3) is 0.391. The smallest absolute Gasteiger partial charge is 0.260 e. The van der Waals surface area contributed by atoms with Crippen LogP contribution in [0.5, 0.6) is 5.75 Å². The van der Waals surface area contributed by atoms with Gasteiger partial charge in [-0.05, 0) is 48.9 Å². The standard InChI is InChI=1S/C23H30N2O3/c1-6-16(2)19-12-7-8-13-20(19)28-15-22(27)25(5)14-21(26)24-23-17(3)10-9-11-18(23)4/h7-13,16H,6,14-15H2,1-5H3,(H,24,26). The Balaban J connectivity index is 1.92. The number of ether oxygens (including phenoxy) is 1. The lowest BCUT2D eigenvalue weighted by molar-refractivity contribution is -0.135. The van der Waals surface area contributed by atoms with Crippen molar-refractivity contribution in [3.05, 3.63) is 59.2 Å². The Kier molecular flexibility index (Phi) is 7.61. The molecule has 0 heterocycles. The Bertz CT molecular complexity index is 812. The summed E-state index contributed by atoms with van der Waals surface area (Å²) in [6, 6.07) is 13.6. The van der Waals surface area contributed by atoms with E-state index in [9.17, 15) is 9.59 Å². The molecule has 0 spiro atoms. The maximum atomic E-state index is 12.4. The molecule has 5 nitrogen and oxygen atoms in total. The van der Waals surface area contributed by atoms with Crippen molar-refractivity contribution in [3.8, 4) is 5.75 Å². The van der Waals surface area contributed by atoms with E-state index >= 15 is 0 Å². The molecule has 2 rings (SSSR count). The number of nitrogens with one attached hydrogen (secondary N) is 1. The number of hydrogen-bond donors (Lipinski definition) is 1. The zero-order valence-electron chi connectivity index (χ0n) is 17.4. The fourth-order valence-corrected chi connectivity index (χ4v) is 2.98. The highest BCUT2D eigenvalue weighted by atomic mass is 16.5. The molecular formula is C23H30N2O3. The number of nitrogens with zero attached hydrogens (tertiary/aromatic N) is 1. The molecule has 0 aliphatic heterocycles. The third-order valence-corrected chi connectivity index (χ3v) is 4.97. The van der Waals surface area contributed by atoms with Gasteiger partial charge in [-0.2, -0.15) is 0 Å². The van der Waals surface area contributed by atoms with E-state index in [1.807, 2.05) is 56.3 Å². The first-order valence-corrected chi connectivity index (χ1v) is 9.65. The van der Waals surface area contributed by atoms with Crippen molar-refractivity contribution in [2.45, 2.75) is 40.0 Å². The van der Waals surface area contributed by atoms with Gasteiger partial charge in [-0.1, -0.05) is 50.2 Å². The summed E-state index contributed by atoms with van der Waals surface area (Å²) in [5, 5.41) is 2.90. The minimum absolute atomic E-state index is 0.0248. The summed E-state index contributed by atoms with van der Waals surface area (Å²) in [4.78, 5) is 26.1. The van der Waals surface area contributed by atoms with Gasteiger partial charge >= 0.3 is 0 Å². The number of rotatable bonds is 8. The van der Waals surface area contributed by atoms with Crippen molar-refractivity contribution in [1.82, 2.24) is 4.90 Å². The molecule has 1 unspecified atom stereocenters. The van der Waals surface area contributed by atoms with Gasteiger partial charge < -0.3 is 15.0 Å². The first-order valence-electron chi connectivity index (χ1n) is 9.65. The lowest BCUT2D eigenvalue weighted by Gasteiger charge is -2.20.